The number of methoxy groups -OCH3 is 1. The number of nitrogens with one attached hydrogen (secondary N) is 1. The molecule has 11 heteroatoms. The number of carbonyl (C=O) groups excluding carboxylic acids is 1. The van der Waals surface area contributed by atoms with Crippen molar-refractivity contribution in [3.05, 3.63) is 62.9 Å². The van der Waals surface area contributed by atoms with Gasteiger partial charge in [0.15, 0.2) is 11.5 Å². The second-order valence-corrected chi connectivity index (χ2v) is 13.6. The quantitative estimate of drug-likeness (QED) is 0.297. The molecule has 1 aliphatic carbocycles. The lowest BCUT2D eigenvalue weighted by Crippen LogP contribution is -2.24. The molecule has 1 saturated heterocycles. The van der Waals surface area contributed by atoms with Crippen LogP contribution in [-0.4, -0.2) is 34.1 Å². The van der Waals surface area contributed by atoms with Crippen LogP contribution in [0.5, 0.6) is 11.5 Å². The molecule has 2 fully saturated rings. The molecule has 1 aromatic heterocycles. The maximum atomic E-state index is 13.0. The summed E-state index contributed by atoms with van der Waals surface area (Å²) < 4.78 is 41.0. The number of benzene rings is 2. The number of amides is 1. The zero-order chi connectivity index (χ0) is 26.2. The number of hydrogen-bond acceptors (Lipinski definition) is 6. The minimum absolute atomic E-state index is 0.0182. The second-order valence-electron chi connectivity index (χ2n) is 9.18. The summed E-state index contributed by atoms with van der Waals surface area (Å²) in [5.41, 5.74) is 2.02. The molecule has 5 rings (SSSR count). The molecular formula is C26H26BrClN2O5S2. The van der Waals surface area contributed by atoms with E-state index in [-0.39, 0.29) is 22.1 Å². The fourth-order valence-corrected chi connectivity index (χ4v) is 8.16. The molecule has 0 unspecified atom stereocenters. The van der Waals surface area contributed by atoms with Crippen LogP contribution < -0.4 is 19.1 Å². The molecule has 0 bridgehead atoms. The van der Waals surface area contributed by atoms with Gasteiger partial charge in [0.05, 0.1) is 18.9 Å². The van der Waals surface area contributed by atoms with Crippen LogP contribution in [0.2, 0.25) is 4.34 Å². The van der Waals surface area contributed by atoms with E-state index in [1.165, 1.54) is 18.9 Å². The third-order valence-electron chi connectivity index (χ3n) is 6.68. The van der Waals surface area contributed by atoms with Crippen molar-refractivity contribution in [2.75, 3.05) is 23.3 Å². The molecule has 1 atom stereocenters. The van der Waals surface area contributed by atoms with Crippen molar-refractivity contribution >= 4 is 66.2 Å². The zero-order valence-electron chi connectivity index (χ0n) is 20.1. The Morgan fingerprint density at radius 3 is 2.59 bits per heavy atom. The molecule has 2 heterocycles. The van der Waals surface area contributed by atoms with E-state index in [1.54, 1.807) is 36.3 Å². The fraction of sp³-hybridized carbons (Fsp3) is 0.346. The first-order valence-corrected chi connectivity index (χ1v) is 15.4. The molecule has 2 aromatic carbocycles. The average molecular weight is 626 g/mol. The highest BCUT2D eigenvalue weighted by atomic mass is 79.9. The average Bonchev–Trinajstić information content (AvgIpc) is 3.60. The van der Waals surface area contributed by atoms with Crippen LogP contribution in [-0.2, 0) is 14.8 Å². The topological polar surface area (TPSA) is 84.9 Å². The van der Waals surface area contributed by atoms with E-state index in [9.17, 15) is 13.2 Å². The summed E-state index contributed by atoms with van der Waals surface area (Å²) >= 11 is 10.2. The smallest absolute Gasteiger partial charge is 0.271 e. The van der Waals surface area contributed by atoms with E-state index in [2.05, 4.69) is 20.7 Å². The molecule has 2 aliphatic rings. The summed E-state index contributed by atoms with van der Waals surface area (Å²) in [6.07, 6.45) is 4.98. The summed E-state index contributed by atoms with van der Waals surface area (Å²) in [4.78, 5) is 14.7. The lowest BCUT2D eigenvalue weighted by atomic mass is 9.98. The molecule has 1 aliphatic heterocycles. The van der Waals surface area contributed by atoms with Crippen molar-refractivity contribution in [2.45, 2.75) is 48.3 Å². The van der Waals surface area contributed by atoms with Gasteiger partial charge in [-0.15, -0.1) is 11.3 Å². The molecule has 3 aromatic rings. The third kappa shape index (κ3) is 5.77. The molecule has 196 valence electrons. The first kappa shape index (κ1) is 26.3. The summed E-state index contributed by atoms with van der Waals surface area (Å²) in [6.45, 7) is 0.484. The molecule has 37 heavy (non-hydrogen) atoms. The highest BCUT2D eigenvalue weighted by Crippen LogP contribution is 2.39. The van der Waals surface area contributed by atoms with Crippen molar-refractivity contribution in [2.24, 2.45) is 0 Å². The zero-order valence-corrected chi connectivity index (χ0v) is 24.1. The van der Waals surface area contributed by atoms with E-state index in [0.717, 1.165) is 35.5 Å². The number of hydrogen-bond donors (Lipinski definition) is 1. The van der Waals surface area contributed by atoms with Gasteiger partial charge in [-0.1, -0.05) is 23.7 Å². The Labute approximate surface area is 233 Å². The van der Waals surface area contributed by atoms with E-state index < -0.39 is 10.0 Å². The number of rotatable bonds is 8. The fourth-order valence-electron chi connectivity index (χ4n) is 4.81. The number of thiophene rings is 1. The van der Waals surface area contributed by atoms with E-state index in [0.29, 0.717) is 38.9 Å². The SMILES string of the molecule is COc1ccc([C@H]2CC(=O)N(c3cccc(NS(=O)(=O)c4cc(Br)c(Cl)s4)c3)C2)cc1OC1CCCC1. The minimum atomic E-state index is -3.82. The molecule has 0 spiro atoms. The van der Waals surface area contributed by atoms with Gasteiger partial charge in [0.2, 0.25) is 5.91 Å². The largest absolute Gasteiger partial charge is 0.493 e. The molecular weight excluding hydrogens is 600 g/mol. The maximum Gasteiger partial charge on any atom is 0.271 e. The van der Waals surface area contributed by atoms with Crippen molar-refractivity contribution in [3.8, 4) is 11.5 Å². The Kier molecular flexibility index (Phi) is 7.72. The van der Waals surface area contributed by atoms with Crippen LogP contribution in [0.1, 0.15) is 43.6 Å². The molecule has 0 radical (unpaired) electrons. The summed E-state index contributed by atoms with van der Waals surface area (Å²) in [6, 6.07) is 14.2. The Morgan fingerprint density at radius 1 is 1.11 bits per heavy atom. The Balaban J connectivity index is 1.33. The van der Waals surface area contributed by atoms with Crippen LogP contribution in [0.3, 0.4) is 0 Å². The number of anilines is 2. The Bertz CT molecular complexity index is 1400. The molecule has 1 N–H and O–H groups in total. The van der Waals surface area contributed by atoms with Crippen molar-refractivity contribution in [3.63, 3.8) is 0 Å². The van der Waals surface area contributed by atoms with Crippen LogP contribution >= 0.6 is 38.9 Å². The van der Waals surface area contributed by atoms with Gasteiger partial charge in [-0.05, 0) is 83.6 Å². The predicted octanol–water partition coefficient (Wildman–Crippen LogP) is 6.82. The number of ether oxygens (including phenoxy) is 2. The van der Waals surface area contributed by atoms with Crippen molar-refractivity contribution in [1.29, 1.82) is 0 Å². The maximum absolute atomic E-state index is 13.0. The van der Waals surface area contributed by atoms with Crippen LogP contribution in [0.25, 0.3) is 0 Å². The first-order valence-electron chi connectivity index (χ1n) is 12.0. The number of nitrogens with zero attached hydrogens (tertiary/aromatic N) is 1. The van der Waals surface area contributed by atoms with Gasteiger partial charge in [-0.2, -0.15) is 0 Å². The highest BCUT2D eigenvalue weighted by molar-refractivity contribution is 9.10. The van der Waals surface area contributed by atoms with Gasteiger partial charge < -0.3 is 14.4 Å². The van der Waals surface area contributed by atoms with E-state index in [4.69, 9.17) is 21.1 Å². The number of sulfonamides is 1. The first-order chi connectivity index (χ1) is 17.7. The summed E-state index contributed by atoms with van der Waals surface area (Å²) in [5, 5.41) is 0. The molecule has 1 saturated carbocycles. The van der Waals surface area contributed by atoms with Crippen LogP contribution in [0, 0.1) is 0 Å². The second kappa shape index (κ2) is 10.8. The highest BCUT2D eigenvalue weighted by Gasteiger charge is 2.33. The summed E-state index contributed by atoms with van der Waals surface area (Å²) in [7, 11) is -2.19. The molecule has 1 amide bonds. The van der Waals surface area contributed by atoms with Crippen LogP contribution in [0.4, 0.5) is 11.4 Å². The minimum Gasteiger partial charge on any atom is -0.493 e. The molecule has 7 nitrogen and oxygen atoms in total. The van der Waals surface area contributed by atoms with Crippen LogP contribution in [0.15, 0.2) is 57.2 Å². The predicted molar refractivity (Wildman–Crippen MR) is 150 cm³/mol. The monoisotopic (exact) mass is 624 g/mol. The number of halogens is 2. The van der Waals surface area contributed by atoms with Crippen molar-refractivity contribution in [1.82, 2.24) is 0 Å². The van der Waals surface area contributed by atoms with Gasteiger partial charge in [0.25, 0.3) is 10.0 Å². The Hall–Kier alpha value is -2.27. The normalized spacial score (nSPS) is 18.4. The van der Waals surface area contributed by atoms with Gasteiger partial charge in [0, 0.05) is 29.0 Å². The van der Waals surface area contributed by atoms with Gasteiger partial charge >= 0.3 is 0 Å². The van der Waals surface area contributed by atoms with E-state index >= 15 is 0 Å². The lowest BCUT2D eigenvalue weighted by Gasteiger charge is -2.20. The van der Waals surface area contributed by atoms with Crippen molar-refractivity contribution < 1.29 is 22.7 Å². The lowest BCUT2D eigenvalue weighted by molar-refractivity contribution is -0.117. The van der Waals surface area contributed by atoms with Gasteiger partial charge in [0.1, 0.15) is 8.55 Å². The van der Waals surface area contributed by atoms with Gasteiger partial charge in [-0.3, -0.25) is 9.52 Å². The standard InChI is InChI=1S/C26H26BrClN2O5S2/c1-34-22-10-9-16(11-23(22)35-20-7-2-3-8-20)17-12-24(31)30(15-17)19-6-4-5-18(13-19)29-37(32,33)25-14-21(27)26(28)36-25/h4-6,9-11,13-14,17,20,29H,2-3,7-8,12,15H2,1H3/t17-/m0/s1. The Morgan fingerprint density at radius 2 is 1.89 bits per heavy atom. The van der Waals surface area contributed by atoms with Gasteiger partial charge in [-0.25, -0.2) is 8.42 Å². The number of carbonyl (C=O) groups is 1. The third-order valence-corrected chi connectivity index (χ3v) is 11.0. The van der Waals surface area contributed by atoms with E-state index in [1.807, 2.05) is 18.2 Å². The summed E-state index contributed by atoms with van der Waals surface area (Å²) in [5.74, 6) is 1.37.